The van der Waals surface area contributed by atoms with Gasteiger partial charge in [0.2, 0.25) is 0 Å². The molecule has 1 rings (SSSR count). The van der Waals surface area contributed by atoms with Crippen molar-refractivity contribution >= 4 is 32.8 Å². The molecule has 0 spiro atoms. The average molecular weight is 369 g/mol. The van der Waals surface area contributed by atoms with Crippen LogP contribution in [0, 0.1) is 21.8 Å². The van der Waals surface area contributed by atoms with Crippen molar-refractivity contribution in [2.24, 2.45) is 0 Å². The van der Waals surface area contributed by atoms with Crippen molar-refractivity contribution in [2.45, 2.75) is 11.8 Å². The molecule has 90 valence electrons. The van der Waals surface area contributed by atoms with Crippen LogP contribution in [0.1, 0.15) is 11.1 Å². The molecule has 0 unspecified atom stereocenters. The highest BCUT2D eigenvalue weighted by atomic mass is 127. The molecule has 0 fully saturated rings. The van der Waals surface area contributed by atoms with Gasteiger partial charge in [0.25, 0.3) is 0 Å². The Labute approximate surface area is 102 Å². The first kappa shape index (κ1) is 13.5. The maximum absolute atomic E-state index is 12.5. The van der Waals surface area contributed by atoms with Crippen LogP contribution in [0.15, 0.2) is 17.0 Å². The first-order chi connectivity index (χ1) is 6.85. The number of benzene rings is 1. The van der Waals surface area contributed by atoms with E-state index in [4.69, 9.17) is 5.26 Å². The van der Waals surface area contributed by atoms with Crippen molar-refractivity contribution in [1.82, 2.24) is 0 Å². The van der Waals surface area contributed by atoms with Gasteiger partial charge in [-0.3, -0.25) is 0 Å². The molecule has 8 heteroatoms. The van der Waals surface area contributed by atoms with E-state index in [0.29, 0.717) is 12.1 Å². The Morgan fingerprint density at radius 3 is 2.00 bits per heavy atom. The lowest BCUT2D eigenvalue weighted by molar-refractivity contribution is 0.364. The van der Waals surface area contributed by atoms with Gasteiger partial charge in [-0.1, -0.05) is 19.4 Å². The maximum Gasteiger partial charge on any atom is 0.310 e. The fourth-order valence-electron chi connectivity index (χ4n) is 1.08. The smallest absolute Gasteiger partial charge is 0.192 e. The molecule has 0 heterocycles. The molecular formula is C8H5F5INS. The van der Waals surface area contributed by atoms with Crippen molar-refractivity contribution < 1.29 is 19.4 Å². The monoisotopic (exact) mass is 369 g/mol. The van der Waals surface area contributed by atoms with Gasteiger partial charge in [0.15, 0.2) is 0 Å². The van der Waals surface area contributed by atoms with Crippen LogP contribution in [-0.2, 0) is 0 Å². The number of hydrogen-bond donors (Lipinski definition) is 0. The molecule has 0 aliphatic rings. The third-order valence-corrected chi connectivity index (χ3v) is 3.80. The SMILES string of the molecule is Cc1cc(S(F)(F)(F)(F)F)cc(I)c1C#N. The molecule has 0 N–H and O–H groups in total. The van der Waals surface area contributed by atoms with Gasteiger partial charge >= 0.3 is 10.2 Å². The minimum atomic E-state index is -9.65. The Balaban J connectivity index is 3.63. The predicted molar refractivity (Wildman–Crippen MR) is 60.0 cm³/mol. The van der Waals surface area contributed by atoms with E-state index in [-0.39, 0.29) is 14.7 Å². The van der Waals surface area contributed by atoms with Crippen LogP contribution in [0.3, 0.4) is 0 Å². The van der Waals surface area contributed by atoms with Crippen molar-refractivity contribution in [3.63, 3.8) is 0 Å². The van der Waals surface area contributed by atoms with Gasteiger partial charge in [-0.15, -0.1) is 0 Å². The van der Waals surface area contributed by atoms with Gasteiger partial charge in [-0.05, 0) is 47.2 Å². The summed E-state index contributed by atoms with van der Waals surface area (Å²) in [5, 5.41) is 8.61. The predicted octanol–water partition coefficient (Wildman–Crippen LogP) is 5.13. The maximum atomic E-state index is 12.5. The van der Waals surface area contributed by atoms with E-state index < -0.39 is 15.1 Å². The van der Waals surface area contributed by atoms with Gasteiger partial charge in [0.1, 0.15) is 11.0 Å². The van der Waals surface area contributed by atoms with Crippen LogP contribution in [0.5, 0.6) is 0 Å². The highest BCUT2D eigenvalue weighted by Crippen LogP contribution is 3.02. The molecule has 0 radical (unpaired) electrons. The van der Waals surface area contributed by atoms with Gasteiger partial charge in [0, 0.05) is 3.57 Å². The molecule has 0 amide bonds. The number of nitriles is 1. The van der Waals surface area contributed by atoms with Crippen LogP contribution >= 0.6 is 32.8 Å². The summed E-state index contributed by atoms with van der Waals surface area (Å²) >= 11 is 1.43. The van der Waals surface area contributed by atoms with E-state index in [2.05, 4.69) is 0 Å². The van der Waals surface area contributed by atoms with Gasteiger partial charge in [-0.2, -0.15) is 5.26 Å². The van der Waals surface area contributed by atoms with Crippen LogP contribution in [0.25, 0.3) is 0 Å². The second-order valence-electron chi connectivity index (χ2n) is 3.18. The number of rotatable bonds is 1. The van der Waals surface area contributed by atoms with Crippen LogP contribution in [0.2, 0.25) is 0 Å². The lowest BCUT2D eigenvalue weighted by Gasteiger charge is -2.40. The van der Waals surface area contributed by atoms with E-state index in [1.807, 2.05) is 0 Å². The molecule has 16 heavy (non-hydrogen) atoms. The zero-order chi connectivity index (χ0) is 12.8. The van der Waals surface area contributed by atoms with Gasteiger partial charge < -0.3 is 0 Å². The van der Waals surface area contributed by atoms with Crippen molar-refractivity contribution in [1.29, 1.82) is 5.26 Å². The summed E-state index contributed by atoms with van der Waals surface area (Å²) in [7, 11) is -9.65. The van der Waals surface area contributed by atoms with Crippen LogP contribution in [-0.4, -0.2) is 0 Å². The van der Waals surface area contributed by atoms with E-state index in [9.17, 15) is 19.4 Å². The number of aryl methyl sites for hydroxylation is 1. The molecular weight excluding hydrogens is 364 g/mol. The van der Waals surface area contributed by atoms with Crippen LogP contribution < -0.4 is 0 Å². The summed E-state index contributed by atoms with van der Waals surface area (Å²) in [5.74, 6) is 0. The lowest BCUT2D eigenvalue weighted by atomic mass is 10.1. The normalized spacial score (nSPS) is 16.1. The van der Waals surface area contributed by atoms with E-state index in [1.165, 1.54) is 29.5 Å². The Morgan fingerprint density at radius 1 is 1.19 bits per heavy atom. The summed E-state index contributed by atoms with van der Waals surface area (Å²) in [6.07, 6.45) is 0. The second kappa shape index (κ2) is 3.01. The zero-order valence-corrected chi connectivity index (χ0v) is 10.8. The molecule has 0 aliphatic heterocycles. The van der Waals surface area contributed by atoms with Gasteiger partial charge in [0.05, 0.1) is 5.56 Å². The summed E-state index contributed by atoms with van der Waals surface area (Å²) in [4.78, 5) is -1.96. The first-order valence-electron chi connectivity index (χ1n) is 3.79. The third kappa shape index (κ3) is 2.76. The number of nitrogens with zero attached hydrogens (tertiary/aromatic N) is 1. The highest BCUT2D eigenvalue weighted by molar-refractivity contribution is 14.1. The van der Waals surface area contributed by atoms with Gasteiger partial charge in [-0.25, -0.2) is 0 Å². The Bertz CT molecular complexity index is 478. The Hall–Kier alpha value is -0.560. The first-order valence-corrected chi connectivity index (χ1v) is 6.82. The molecule has 0 aliphatic carbocycles. The van der Waals surface area contributed by atoms with E-state index in [1.54, 1.807) is 6.07 Å². The fourth-order valence-corrected chi connectivity index (χ4v) is 2.91. The Morgan fingerprint density at radius 2 is 1.69 bits per heavy atom. The largest absolute Gasteiger partial charge is 0.310 e. The average Bonchev–Trinajstić information content (AvgIpc) is 1.99. The number of halogens is 6. The molecule has 0 saturated carbocycles. The van der Waals surface area contributed by atoms with Crippen molar-refractivity contribution in [2.75, 3.05) is 0 Å². The highest BCUT2D eigenvalue weighted by Gasteiger charge is 2.65. The summed E-state index contributed by atoms with van der Waals surface area (Å²) in [6.45, 7) is 1.19. The number of hydrogen-bond acceptors (Lipinski definition) is 1. The van der Waals surface area contributed by atoms with Crippen LogP contribution in [0.4, 0.5) is 19.4 Å². The molecule has 0 aromatic heterocycles. The standard InChI is InChI=1S/C8H5F5INS/c1-5-2-6(16(9,10,11,12)13)3-8(14)7(5)4-15/h2-3H,1H3. The topological polar surface area (TPSA) is 23.8 Å². The van der Waals surface area contributed by atoms with E-state index >= 15 is 0 Å². The quantitative estimate of drug-likeness (QED) is 0.498. The Kier molecular flexibility index (Phi) is 2.54. The molecule has 0 bridgehead atoms. The lowest BCUT2D eigenvalue weighted by Crippen LogP contribution is -2.07. The van der Waals surface area contributed by atoms with Crippen molar-refractivity contribution in [3.8, 4) is 6.07 Å². The minimum Gasteiger partial charge on any atom is -0.192 e. The summed E-state index contributed by atoms with van der Waals surface area (Å²) in [5.41, 5.74) is -0.135. The molecule has 1 aromatic carbocycles. The summed E-state index contributed by atoms with van der Waals surface area (Å²) in [6, 6.07) is 2.27. The molecule has 1 nitrogen and oxygen atoms in total. The zero-order valence-electron chi connectivity index (χ0n) is 7.78. The molecule has 0 atom stereocenters. The van der Waals surface area contributed by atoms with E-state index in [0.717, 1.165) is 0 Å². The molecule has 0 saturated heterocycles. The fraction of sp³-hybridized carbons (Fsp3) is 0.125. The van der Waals surface area contributed by atoms with Crippen molar-refractivity contribution in [3.05, 3.63) is 26.8 Å². The summed E-state index contributed by atoms with van der Waals surface area (Å²) < 4.78 is 62.1. The minimum absolute atomic E-state index is 0.0220. The third-order valence-electron chi connectivity index (χ3n) is 1.82. The molecule has 1 aromatic rings. The second-order valence-corrected chi connectivity index (χ2v) is 6.75.